The van der Waals surface area contributed by atoms with E-state index in [1.165, 1.54) is 18.2 Å². The van der Waals surface area contributed by atoms with Gasteiger partial charge in [-0.05, 0) is 12.1 Å². The summed E-state index contributed by atoms with van der Waals surface area (Å²) >= 11 is 0. The van der Waals surface area contributed by atoms with Crippen LogP contribution in [0, 0.1) is 29.1 Å². The fraction of sp³-hybridized carbons (Fsp3) is 0. The van der Waals surface area contributed by atoms with Crippen LogP contribution in [-0.2, 0) is 10.1 Å². The second-order valence-corrected chi connectivity index (χ2v) is 6.28. The zero-order valence-electron chi connectivity index (χ0n) is 11.9. The number of nitrogens with zero attached hydrogens (tertiary/aromatic N) is 1. The van der Waals surface area contributed by atoms with Crippen molar-refractivity contribution < 1.29 is 34.6 Å². The first-order chi connectivity index (χ1) is 11.7. The monoisotopic (exact) mass is 375 g/mol. The highest BCUT2D eigenvalue weighted by molar-refractivity contribution is 7.87. The lowest BCUT2D eigenvalue weighted by Gasteiger charge is -2.11. The molecule has 0 amide bonds. The molecule has 0 aliphatic carbocycles. The number of pyridine rings is 1. The third kappa shape index (κ3) is 2.78. The summed E-state index contributed by atoms with van der Waals surface area (Å²) in [6.45, 7) is 0. The van der Waals surface area contributed by atoms with Gasteiger partial charge >= 0.3 is 10.1 Å². The van der Waals surface area contributed by atoms with Crippen LogP contribution in [0.2, 0.25) is 0 Å². The van der Waals surface area contributed by atoms with Gasteiger partial charge in [0.15, 0.2) is 0 Å². The van der Waals surface area contributed by atoms with Crippen LogP contribution in [0.3, 0.4) is 0 Å². The maximum Gasteiger partial charge on any atom is 0.340 e. The Morgan fingerprint density at radius 1 is 0.800 bits per heavy atom. The van der Waals surface area contributed by atoms with Gasteiger partial charge in [0.05, 0.1) is 5.52 Å². The number of para-hydroxylation sites is 1. The van der Waals surface area contributed by atoms with E-state index in [0.29, 0.717) is 0 Å². The second-order valence-electron chi connectivity index (χ2n) is 4.76. The summed E-state index contributed by atoms with van der Waals surface area (Å²) in [7, 11) is -4.91. The first-order valence-electron chi connectivity index (χ1n) is 6.53. The maximum atomic E-state index is 13.6. The summed E-state index contributed by atoms with van der Waals surface area (Å²) in [5.74, 6) is -13.7. The highest BCUT2D eigenvalue weighted by Gasteiger charge is 2.31. The van der Waals surface area contributed by atoms with Gasteiger partial charge in [-0.1, -0.05) is 18.2 Å². The maximum absolute atomic E-state index is 13.6. The Morgan fingerprint density at radius 2 is 1.36 bits per heavy atom. The fourth-order valence-electron chi connectivity index (χ4n) is 2.10. The van der Waals surface area contributed by atoms with Crippen LogP contribution in [0.4, 0.5) is 22.0 Å². The van der Waals surface area contributed by atoms with Gasteiger partial charge in [-0.2, -0.15) is 17.2 Å². The van der Waals surface area contributed by atoms with Gasteiger partial charge in [-0.15, -0.1) is 0 Å². The van der Waals surface area contributed by atoms with Gasteiger partial charge in [0.1, 0.15) is 4.90 Å². The molecule has 3 rings (SSSR count). The van der Waals surface area contributed by atoms with Crippen LogP contribution in [0.5, 0.6) is 5.75 Å². The third-order valence-electron chi connectivity index (χ3n) is 3.24. The van der Waals surface area contributed by atoms with Crippen LogP contribution in [0.1, 0.15) is 0 Å². The van der Waals surface area contributed by atoms with Crippen LogP contribution < -0.4 is 4.18 Å². The molecule has 0 radical (unpaired) electrons. The topological polar surface area (TPSA) is 56.3 Å². The summed E-state index contributed by atoms with van der Waals surface area (Å²) in [5.41, 5.74) is 0.226. The smallest absolute Gasteiger partial charge is 0.340 e. The van der Waals surface area contributed by atoms with Crippen molar-refractivity contribution in [3.8, 4) is 5.75 Å². The van der Waals surface area contributed by atoms with E-state index in [-0.39, 0.29) is 10.9 Å². The Balaban J connectivity index is 2.18. The van der Waals surface area contributed by atoms with Gasteiger partial charge in [0.25, 0.3) is 0 Å². The standard InChI is InChI=1S/C15H6F5NO3S/c16-10-11(17)13(19)15(14(20)12(10)18)24-25(22,23)9-5-6-21-8-4-2-1-3-7(8)9/h1-6H. The number of hydrogen-bond donors (Lipinski definition) is 0. The number of fused-ring (bicyclic) bond motifs is 1. The molecule has 0 bridgehead atoms. The zero-order chi connectivity index (χ0) is 18.4. The largest absolute Gasteiger partial charge is 0.372 e. The molecule has 0 spiro atoms. The molecule has 2 aromatic carbocycles. The lowest BCUT2D eigenvalue weighted by molar-refractivity contribution is 0.347. The highest BCUT2D eigenvalue weighted by atomic mass is 32.2. The minimum atomic E-state index is -4.91. The Bertz CT molecular complexity index is 1070. The Morgan fingerprint density at radius 3 is 2.00 bits per heavy atom. The highest BCUT2D eigenvalue weighted by Crippen LogP contribution is 2.32. The Kier molecular flexibility index (Phi) is 4.07. The molecule has 0 aliphatic rings. The van der Waals surface area contributed by atoms with E-state index < -0.39 is 49.8 Å². The van der Waals surface area contributed by atoms with Crippen LogP contribution in [0.15, 0.2) is 41.4 Å². The normalized spacial score (nSPS) is 11.7. The summed E-state index contributed by atoms with van der Waals surface area (Å²) in [5, 5.41) is 0.0499. The molecule has 10 heteroatoms. The molecule has 25 heavy (non-hydrogen) atoms. The molecule has 0 N–H and O–H groups in total. The minimum absolute atomic E-state index is 0.0499. The number of halogens is 5. The second kappa shape index (κ2) is 5.96. The molecule has 0 unspecified atom stereocenters. The van der Waals surface area contributed by atoms with Gasteiger partial charge in [-0.3, -0.25) is 4.98 Å². The van der Waals surface area contributed by atoms with Crippen LogP contribution in [0.25, 0.3) is 10.9 Å². The van der Waals surface area contributed by atoms with E-state index in [9.17, 15) is 30.4 Å². The molecule has 3 aromatic rings. The minimum Gasteiger partial charge on any atom is -0.372 e. The predicted molar refractivity (Wildman–Crippen MR) is 75.8 cm³/mol. The van der Waals surface area contributed by atoms with Crippen molar-refractivity contribution in [1.29, 1.82) is 0 Å². The van der Waals surface area contributed by atoms with E-state index in [4.69, 9.17) is 0 Å². The first kappa shape index (κ1) is 17.1. The molecule has 0 saturated heterocycles. The number of benzene rings is 2. The van der Waals surface area contributed by atoms with E-state index in [1.54, 1.807) is 6.07 Å². The van der Waals surface area contributed by atoms with Gasteiger partial charge in [0.2, 0.25) is 34.8 Å². The quantitative estimate of drug-likeness (QED) is 0.303. The number of hydrogen-bond acceptors (Lipinski definition) is 4. The lowest BCUT2D eigenvalue weighted by Crippen LogP contribution is -2.15. The van der Waals surface area contributed by atoms with Crippen molar-refractivity contribution in [2.24, 2.45) is 0 Å². The van der Waals surface area contributed by atoms with Crippen molar-refractivity contribution in [1.82, 2.24) is 4.98 Å². The lowest BCUT2D eigenvalue weighted by atomic mass is 10.2. The molecule has 0 saturated carbocycles. The fourth-order valence-corrected chi connectivity index (χ4v) is 3.23. The van der Waals surface area contributed by atoms with Gasteiger partial charge in [0, 0.05) is 11.6 Å². The predicted octanol–water partition coefficient (Wildman–Crippen LogP) is 3.70. The molecule has 0 atom stereocenters. The van der Waals surface area contributed by atoms with Crippen molar-refractivity contribution in [2.75, 3.05) is 0 Å². The average molecular weight is 375 g/mol. The number of rotatable bonds is 3. The molecule has 1 aromatic heterocycles. The summed E-state index contributed by atoms with van der Waals surface area (Å²) < 4.78 is 95.5. The van der Waals surface area contributed by atoms with E-state index in [1.807, 2.05) is 0 Å². The van der Waals surface area contributed by atoms with E-state index in [2.05, 4.69) is 9.17 Å². The summed E-state index contributed by atoms with van der Waals surface area (Å²) in [6.07, 6.45) is 1.09. The van der Waals surface area contributed by atoms with Gasteiger partial charge < -0.3 is 4.18 Å². The van der Waals surface area contributed by atoms with Crippen LogP contribution in [-0.4, -0.2) is 13.4 Å². The van der Waals surface area contributed by atoms with E-state index >= 15 is 0 Å². The first-order valence-corrected chi connectivity index (χ1v) is 7.94. The Labute approximate surface area is 137 Å². The zero-order valence-corrected chi connectivity index (χ0v) is 12.8. The van der Waals surface area contributed by atoms with Crippen molar-refractivity contribution in [3.05, 3.63) is 65.6 Å². The molecule has 130 valence electrons. The SMILES string of the molecule is O=S(=O)(Oc1c(F)c(F)c(F)c(F)c1F)c1ccnc2ccccc12. The van der Waals surface area contributed by atoms with Gasteiger partial charge in [-0.25, -0.2) is 13.2 Å². The van der Waals surface area contributed by atoms with Crippen molar-refractivity contribution >= 4 is 21.0 Å². The van der Waals surface area contributed by atoms with Crippen molar-refractivity contribution in [2.45, 2.75) is 4.90 Å². The van der Waals surface area contributed by atoms with E-state index in [0.717, 1.165) is 12.3 Å². The number of aromatic nitrogens is 1. The van der Waals surface area contributed by atoms with Crippen LogP contribution >= 0.6 is 0 Å². The molecule has 4 nitrogen and oxygen atoms in total. The summed E-state index contributed by atoms with van der Waals surface area (Å²) in [4.78, 5) is 3.36. The molecule has 0 fully saturated rings. The molecular weight excluding hydrogens is 369 g/mol. The third-order valence-corrected chi connectivity index (χ3v) is 4.52. The molecule has 0 aliphatic heterocycles. The Hall–Kier alpha value is -2.75. The summed E-state index contributed by atoms with van der Waals surface area (Å²) in [6, 6.07) is 6.83. The molecular formula is C15H6F5NO3S. The average Bonchev–Trinajstić information content (AvgIpc) is 2.61. The van der Waals surface area contributed by atoms with Crippen molar-refractivity contribution in [3.63, 3.8) is 0 Å². The molecule has 1 heterocycles.